The van der Waals surface area contributed by atoms with Crippen molar-refractivity contribution in [1.82, 2.24) is 25.1 Å². The molecule has 1 unspecified atom stereocenters. The molecular formula is C30H35F9N6O. The molecule has 1 aliphatic heterocycles. The number of halogens is 9. The molecule has 2 heterocycles. The first-order valence-electron chi connectivity index (χ1n) is 14.7. The van der Waals surface area contributed by atoms with E-state index in [2.05, 4.69) is 20.3 Å². The minimum absolute atomic E-state index is 0.0102. The maximum atomic E-state index is 14.0. The van der Waals surface area contributed by atoms with E-state index >= 15 is 0 Å². The van der Waals surface area contributed by atoms with Gasteiger partial charge in [-0.15, -0.1) is 5.10 Å². The lowest BCUT2D eigenvalue weighted by Crippen LogP contribution is -2.39. The molecule has 3 aromatic rings. The molecule has 2 aromatic carbocycles. The normalized spacial score (nSPS) is 16.3. The molecule has 0 aliphatic carbocycles. The van der Waals surface area contributed by atoms with Gasteiger partial charge in [-0.3, -0.25) is 4.90 Å². The van der Waals surface area contributed by atoms with Crippen LogP contribution in [-0.2, 0) is 38.7 Å². The lowest BCUT2D eigenvalue weighted by molar-refractivity contribution is -0.143. The zero-order chi connectivity index (χ0) is 34.0. The first-order valence-corrected chi connectivity index (χ1v) is 14.7. The van der Waals surface area contributed by atoms with E-state index in [1.807, 2.05) is 13.8 Å². The molecule has 1 atom stereocenters. The highest BCUT2D eigenvalue weighted by molar-refractivity contribution is 5.42. The number of alkyl halides is 9. The summed E-state index contributed by atoms with van der Waals surface area (Å²) in [6.45, 7) is 4.22. The summed E-state index contributed by atoms with van der Waals surface area (Å²) in [5, 5.41) is 21.0. The second-order valence-electron chi connectivity index (χ2n) is 11.9. The van der Waals surface area contributed by atoms with E-state index < -0.39 is 47.3 Å². The number of piperidine rings is 1. The first kappa shape index (κ1) is 35.5. The van der Waals surface area contributed by atoms with Gasteiger partial charge >= 0.3 is 18.5 Å². The molecule has 1 saturated heterocycles. The Morgan fingerprint density at radius 2 is 1.43 bits per heavy atom. The summed E-state index contributed by atoms with van der Waals surface area (Å²) < 4.78 is 124. The van der Waals surface area contributed by atoms with Gasteiger partial charge in [-0.25, -0.2) is 0 Å². The van der Waals surface area contributed by atoms with E-state index in [1.54, 1.807) is 0 Å². The number of aromatic nitrogens is 4. The van der Waals surface area contributed by atoms with Crippen molar-refractivity contribution in [3.05, 3.63) is 69.8 Å². The van der Waals surface area contributed by atoms with Crippen LogP contribution in [0.25, 0.3) is 0 Å². The number of nitrogens with zero attached hydrogens (tertiary/aromatic N) is 6. The van der Waals surface area contributed by atoms with Crippen molar-refractivity contribution >= 4 is 5.95 Å². The quantitative estimate of drug-likeness (QED) is 0.230. The van der Waals surface area contributed by atoms with Crippen molar-refractivity contribution in [1.29, 1.82) is 0 Å². The largest absolute Gasteiger partial charge is 0.416 e. The van der Waals surface area contributed by atoms with Crippen molar-refractivity contribution in [2.24, 2.45) is 18.9 Å². The van der Waals surface area contributed by atoms with Gasteiger partial charge in [0.1, 0.15) is 0 Å². The van der Waals surface area contributed by atoms with Crippen molar-refractivity contribution in [3.8, 4) is 0 Å². The zero-order valence-electron chi connectivity index (χ0n) is 25.4. The number of tetrazole rings is 1. The lowest BCUT2D eigenvalue weighted by atomic mass is 9.86. The lowest BCUT2D eigenvalue weighted by Gasteiger charge is -2.41. The second-order valence-corrected chi connectivity index (χ2v) is 11.9. The summed E-state index contributed by atoms with van der Waals surface area (Å²) >= 11 is 0. The van der Waals surface area contributed by atoms with Gasteiger partial charge < -0.3 is 10.0 Å². The average molecular weight is 667 g/mol. The fourth-order valence-corrected chi connectivity index (χ4v) is 6.02. The third kappa shape index (κ3) is 8.69. The fourth-order valence-electron chi connectivity index (χ4n) is 6.02. The highest BCUT2D eigenvalue weighted by atomic mass is 19.4. The Balaban J connectivity index is 1.80. The van der Waals surface area contributed by atoms with E-state index in [1.165, 1.54) is 18.0 Å². The molecule has 0 saturated carbocycles. The van der Waals surface area contributed by atoms with Gasteiger partial charge in [0.25, 0.3) is 5.95 Å². The molecule has 1 aromatic heterocycles. The number of rotatable bonds is 10. The number of hydrogen-bond donors (Lipinski definition) is 1. The Morgan fingerprint density at radius 1 is 0.848 bits per heavy atom. The monoisotopic (exact) mass is 666 g/mol. The SMILES string of the molecule is CC(C)C(c1ccc(C(F)(F)F)cc1CN(Cc1cc(C(F)(F)F)cc(C(F)(F)F)c1)c1nnn(C)n1)N1CCC(CCO)CC1. The van der Waals surface area contributed by atoms with E-state index in [-0.39, 0.29) is 42.7 Å². The van der Waals surface area contributed by atoms with Crippen LogP contribution in [0.5, 0.6) is 0 Å². The number of benzene rings is 2. The molecule has 254 valence electrons. The predicted molar refractivity (Wildman–Crippen MR) is 150 cm³/mol. The van der Waals surface area contributed by atoms with Crippen molar-refractivity contribution in [3.63, 3.8) is 0 Å². The number of aliphatic hydroxyl groups excluding tert-OH is 1. The third-order valence-corrected chi connectivity index (χ3v) is 8.16. The van der Waals surface area contributed by atoms with Crippen molar-refractivity contribution in [2.75, 3.05) is 24.6 Å². The maximum Gasteiger partial charge on any atom is 0.416 e. The molecule has 16 heteroatoms. The van der Waals surface area contributed by atoms with Gasteiger partial charge in [0.15, 0.2) is 0 Å². The van der Waals surface area contributed by atoms with Gasteiger partial charge in [0.2, 0.25) is 0 Å². The van der Waals surface area contributed by atoms with E-state index in [4.69, 9.17) is 0 Å². The highest BCUT2D eigenvalue weighted by Crippen LogP contribution is 2.40. The summed E-state index contributed by atoms with van der Waals surface area (Å²) in [7, 11) is 1.39. The van der Waals surface area contributed by atoms with Crippen LogP contribution in [0.4, 0.5) is 45.5 Å². The molecule has 7 nitrogen and oxygen atoms in total. The standard InChI is InChI=1S/C30H35F9N6O/c1-18(2)26(44-9-6-19(7-10-44)8-11-46)25-5-4-22(28(31,32)33)14-21(25)17-45(27-40-42-43(3)41-27)16-20-12-23(29(34,35)36)15-24(13-20)30(37,38)39/h4-5,12-15,18-19,26,46H,6-11,16-17H2,1-3H3. The Hall–Kier alpha value is -3.40. The summed E-state index contributed by atoms with van der Waals surface area (Å²) in [5.41, 5.74) is -3.68. The predicted octanol–water partition coefficient (Wildman–Crippen LogP) is 7.26. The van der Waals surface area contributed by atoms with Crippen LogP contribution in [0.1, 0.15) is 72.5 Å². The Labute approximate surface area is 260 Å². The number of likely N-dealkylation sites (tertiary alicyclic amines) is 1. The third-order valence-electron chi connectivity index (χ3n) is 8.16. The molecule has 0 amide bonds. The van der Waals surface area contributed by atoms with Crippen LogP contribution in [0, 0.1) is 11.8 Å². The Morgan fingerprint density at radius 3 is 1.91 bits per heavy atom. The van der Waals surface area contributed by atoms with Crippen LogP contribution in [-0.4, -0.2) is 49.9 Å². The fraction of sp³-hybridized carbons (Fsp3) is 0.567. The summed E-state index contributed by atoms with van der Waals surface area (Å²) in [6, 6.07) is 4.11. The van der Waals surface area contributed by atoms with Gasteiger partial charge in [-0.2, -0.15) is 44.3 Å². The van der Waals surface area contributed by atoms with Crippen LogP contribution < -0.4 is 4.90 Å². The van der Waals surface area contributed by atoms with Crippen LogP contribution in [0.15, 0.2) is 36.4 Å². The van der Waals surface area contributed by atoms with Crippen molar-refractivity contribution in [2.45, 2.75) is 70.8 Å². The molecule has 1 aliphatic rings. The maximum absolute atomic E-state index is 14.0. The molecule has 0 radical (unpaired) electrons. The van der Waals surface area contributed by atoms with Crippen LogP contribution in [0.2, 0.25) is 0 Å². The van der Waals surface area contributed by atoms with Gasteiger partial charge in [-0.05, 0) is 96.4 Å². The molecule has 4 rings (SSSR count). The Kier molecular flexibility index (Phi) is 10.6. The number of anilines is 1. The van der Waals surface area contributed by atoms with Crippen molar-refractivity contribution < 1.29 is 44.6 Å². The topological polar surface area (TPSA) is 70.3 Å². The molecule has 1 N–H and O–H groups in total. The molecule has 46 heavy (non-hydrogen) atoms. The summed E-state index contributed by atoms with van der Waals surface area (Å²) in [4.78, 5) is 4.40. The van der Waals surface area contributed by atoms with E-state index in [0.717, 1.165) is 29.8 Å². The molecule has 0 spiro atoms. The minimum atomic E-state index is -5.09. The van der Waals surface area contributed by atoms with E-state index in [0.29, 0.717) is 43.1 Å². The van der Waals surface area contributed by atoms with E-state index in [9.17, 15) is 44.6 Å². The number of aliphatic hydroxyl groups is 1. The second kappa shape index (κ2) is 13.8. The Bertz CT molecular complexity index is 1430. The smallest absolute Gasteiger partial charge is 0.396 e. The molecular weight excluding hydrogens is 631 g/mol. The molecule has 1 fully saturated rings. The summed E-state index contributed by atoms with van der Waals surface area (Å²) in [5.74, 6) is 0.0435. The van der Waals surface area contributed by atoms with Crippen LogP contribution in [0.3, 0.4) is 0 Å². The number of hydrogen-bond acceptors (Lipinski definition) is 6. The first-order chi connectivity index (χ1) is 21.4. The van der Waals surface area contributed by atoms with Gasteiger partial charge in [-0.1, -0.05) is 25.0 Å². The highest BCUT2D eigenvalue weighted by Gasteiger charge is 2.38. The minimum Gasteiger partial charge on any atom is -0.396 e. The zero-order valence-corrected chi connectivity index (χ0v) is 25.4. The number of aryl methyl sites for hydroxylation is 1. The summed E-state index contributed by atoms with van der Waals surface area (Å²) in [6.07, 6.45) is -12.7. The van der Waals surface area contributed by atoms with Gasteiger partial charge in [0.05, 0.1) is 23.7 Å². The average Bonchev–Trinajstić information content (AvgIpc) is 3.39. The van der Waals surface area contributed by atoms with Gasteiger partial charge in [0, 0.05) is 25.7 Å². The van der Waals surface area contributed by atoms with Crippen LogP contribution >= 0.6 is 0 Å². The molecule has 0 bridgehead atoms.